The minimum atomic E-state index is -1.03. The maximum Gasteiger partial charge on any atom is 0.336 e. The Kier molecular flexibility index (Phi) is 6.47. The van der Waals surface area contributed by atoms with Crippen LogP contribution in [0, 0.1) is 13.8 Å². The Morgan fingerprint density at radius 2 is 2.00 bits per heavy atom. The van der Waals surface area contributed by atoms with Crippen LogP contribution >= 0.6 is 11.8 Å². The molecule has 1 heterocycles. The largest absolute Gasteiger partial charge is 0.478 e. The Balaban J connectivity index is 2.14. The first kappa shape index (κ1) is 19.3. The number of thioether (sulfide) groups is 1. The van der Waals surface area contributed by atoms with E-state index in [0.29, 0.717) is 29.3 Å². The predicted molar refractivity (Wildman–Crippen MR) is 99.0 cm³/mol. The third kappa shape index (κ3) is 4.54. The van der Waals surface area contributed by atoms with Crippen LogP contribution in [0.15, 0.2) is 12.1 Å². The number of aryl methyl sites for hydroxylation is 2. The van der Waals surface area contributed by atoms with Gasteiger partial charge in [-0.25, -0.2) is 4.79 Å². The molecule has 1 aromatic rings. The number of benzene rings is 1. The van der Waals surface area contributed by atoms with E-state index in [1.54, 1.807) is 29.7 Å². The molecule has 0 aliphatic carbocycles. The number of amides is 2. The molecule has 2 amide bonds. The highest BCUT2D eigenvalue weighted by Gasteiger charge is 2.34. The van der Waals surface area contributed by atoms with Crippen molar-refractivity contribution in [1.82, 2.24) is 4.90 Å². The van der Waals surface area contributed by atoms with Crippen LogP contribution < -0.4 is 5.32 Å². The first-order valence-corrected chi connectivity index (χ1v) is 9.53. The molecule has 1 fully saturated rings. The molecule has 6 nitrogen and oxygen atoms in total. The molecule has 0 radical (unpaired) electrons. The number of aromatic carboxylic acids is 1. The van der Waals surface area contributed by atoms with Gasteiger partial charge in [0.15, 0.2) is 0 Å². The van der Waals surface area contributed by atoms with E-state index in [1.165, 1.54) is 6.07 Å². The zero-order valence-electron chi connectivity index (χ0n) is 14.8. The molecule has 1 aromatic carbocycles. The minimum absolute atomic E-state index is 0.00106. The van der Waals surface area contributed by atoms with Crippen molar-refractivity contribution in [3.63, 3.8) is 0 Å². The Labute approximate surface area is 152 Å². The van der Waals surface area contributed by atoms with Crippen LogP contribution in [0.2, 0.25) is 0 Å². The SMILES string of the molecule is CCCCC(=O)N1CSCC1C(=O)Nc1cc(C(=O)O)c(C)cc1C. The number of carbonyl (C=O) groups is 3. The lowest BCUT2D eigenvalue weighted by molar-refractivity contribution is -0.136. The Bertz CT molecular complexity index is 690. The molecule has 0 spiro atoms. The van der Waals surface area contributed by atoms with Crippen LogP contribution in [-0.4, -0.2) is 45.5 Å². The normalized spacial score (nSPS) is 16.8. The van der Waals surface area contributed by atoms with Gasteiger partial charge in [0.25, 0.3) is 0 Å². The number of nitrogens with zero attached hydrogens (tertiary/aromatic N) is 1. The molecular weight excluding hydrogens is 340 g/mol. The summed E-state index contributed by atoms with van der Waals surface area (Å²) in [4.78, 5) is 37.9. The molecule has 136 valence electrons. The van der Waals surface area contributed by atoms with E-state index in [-0.39, 0.29) is 17.4 Å². The summed E-state index contributed by atoms with van der Waals surface area (Å²) in [5, 5.41) is 12.1. The van der Waals surface area contributed by atoms with Gasteiger partial charge in [-0.1, -0.05) is 19.4 Å². The number of carboxylic acid groups (broad SMARTS) is 1. The summed E-state index contributed by atoms with van der Waals surface area (Å²) in [5.41, 5.74) is 2.09. The molecule has 0 aromatic heterocycles. The quantitative estimate of drug-likeness (QED) is 0.810. The smallest absolute Gasteiger partial charge is 0.336 e. The van der Waals surface area contributed by atoms with Crippen LogP contribution in [0.4, 0.5) is 5.69 Å². The molecule has 1 aliphatic heterocycles. The molecule has 0 saturated carbocycles. The van der Waals surface area contributed by atoms with Gasteiger partial charge in [0, 0.05) is 17.9 Å². The van der Waals surface area contributed by atoms with Gasteiger partial charge in [0.2, 0.25) is 11.8 Å². The van der Waals surface area contributed by atoms with Crippen molar-refractivity contribution in [2.45, 2.75) is 46.1 Å². The maximum atomic E-state index is 12.7. The van der Waals surface area contributed by atoms with Crippen LogP contribution in [-0.2, 0) is 9.59 Å². The van der Waals surface area contributed by atoms with E-state index in [0.717, 1.165) is 18.4 Å². The summed E-state index contributed by atoms with van der Waals surface area (Å²) in [6.07, 6.45) is 2.20. The third-order valence-corrected chi connectivity index (χ3v) is 5.32. The minimum Gasteiger partial charge on any atom is -0.478 e. The zero-order valence-corrected chi connectivity index (χ0v) is 15.6. The molecule has 0 bridgehead atoms. The summed E-state index contributed by atoms with van der Waals surface area (Å²) < 4.78 is 0. The average Bonchev–Trinajstić information content (AvgIpc) is 3.04. The number of hydrogen-bond acceptors (Lipinski definition) is 4. The first-order chi connectivity index (χ1) is 11.8. The molecule has 1 aliphatic rings. The number of hydrogen-bond donors (Lipinski definition) is 2. The highest BCUT2D eigenvalue weighted by Crippen LogP contribution is 2.25. The summed E-state index contributed by atoms with van der Waals surface area (Å²) in [5.74, 6) is -0.216. The lowest BCUT2D eigenvalue weighted by atomic mass is 10.0. The number of anilines is 1. The fourth-order valence-electron chi connectivity index (χ4n) is 2.81. The predicted octanol–water partition coefficient (Wildman–Crippen LogP) is 3.03. The number of nitrogens with one attached hydrogen (secondary N) is 1. The molecule has 1 unspecified atom stereocenters. The molecule has 7 heteroatoms. The number of carbonyl (C=O) groups excluding carboxylic acids is 2. The van der Waals surface area contributed by atoms with Gasteiger partial charge in [-0.15, -0.1) is 11.8 Å². The number of rotatable bonds is 6. The second kappa shape index (κ2) is 8.38. The van der Waals surface area contributed by atoms with E-state index < -0.39 is 12.0 Å². The Morgan fingerprint density at radius 1 is 1.28 bits per heavy atom. The van der Waals surface area contributed by atoms with Crippen molar-refractivity contribution in [2.75, 3.05) is 16.9 Å². The van der Waals surface area contributed by atoms with Crippen molar-refractivity contribution < 1.29 is 19.5 Å². The standard InChI is InChI=1S/C18H24N2O4S/c1-4-5-6-16(21)20-10-25-9-15(20)17(22)19-14-8-13(18(23)24)11(2)7-12(14)3/h7-8,15H,4-6,9-10H2,1-3H3,(H,19,22)(H,23,24). The van der Waals surface area contributed by atoms with E-state index in [1.807, 2.05) is 13.8 Å². The third-order valence-electron chi connectivity index (χ3n) is 4.31. The van der Waals surface area contributed by atoms with Crippen LogP contribution in [0.3, 0.4) is 0 Å². The van der Waals surface area contributed by atoms with E-state index in [9.17, 15) is 19.5 Å². The van der Waals surface area contributed by atoms with Gasteiger partial charge >= 0.3 is 5.97 Å². The topological polar surface area (TPSA) is 86.7 Å². The van der Waals surface area contributed by atoms with Crippen molar-refractivity contribution >= 4 is 35.2 Å². The summed E-state index contributed by atoms with van der Waals surface area (Å²) in [6.45, 7) is 5.57. The second-order valence-corrected chi connectivity index (χ2v) is 7.26. The van der Waals surface area contributed by atoms with Gasteiger partial charge in [0.1, 0.15) is 6.04 Å². The zero-order chi connectivity index (χ0) is 18.6. The molecule has 2 rings (SSSR count). The molecule has 1 atom stereocenters. The summed E-state index contributed by atoms with van der Waals surface area (Å²) in [7, 11) is 0. The van der Waals surface area contributed by atoms with Crippen LogP contribution in [0.25, 0.3) is 0 Å². The van der Waals surface area contributed by atoms with Gasteiger partial charge in [-0.05, 0) is 37.5 Å². The molecular formula is C18H24N2O4S. The fraction of sp³-hybridized carbons (Fsp3) is 0.500. The van der Waals surface area contributed by atoms with Crippen LogP contribution in [0.1, 0.15) is 47.7 Å². The highest BCUT2D eigenvalue weighted by atomic mass is 32.2. The molecule has 1 saturated heterocycles. The van der Waals surface area contributed by atoms with E-state index in [2.05, 4.69) is 5.32 Å². The summed E-state index contributed by atoms with van der Waals surface area (Å²) >= 11 is 1.56. The molecule has 2 N–H and O–H groups in total. The van der Waals surface area contributed by atoms with E-state index in [4.69, 9.17) is 0 Å². The highest BCUT2D eigenvalue weighted by molar-refractivity contribution is 7.99. The van der Waals surface area contributed by atoms with Gasteiger partial charge < -0.3 is 15.3 Å². The van der Waals surface area contributed by atoms with E-state index >= 15 is 0 Å². The Hall–Kier alpha value is -2.02. The number of unbranched alkanes of at least 4 members (excludes halogenated alkanes) is 1. The monoisotopic (exact) mass is 364 g/mol. The fourth-order valence-corrected chi connectivity index (χ4v) is 3.99. The lowest BCUT2D eigenvalue weighted by Gasteiger charge is -2.23. The maximum absolute atomic E-state index is 12.7. The number of carboxylic acids is 1. The van der Waals surface area contributed by atoms with Crippen molar-refractivity contribution in [3.8, 4) is 0 Å². The molecule has 25 heavy (non-hydrogen) atoms. The average molecular weight is 364 g/mol. The first-order valence-electron chi connectivity index (χ1n) is 8.37. The van der Waals surface area contributed by atoms with Gasteiger partial charge in [0.05, 0.1) is 11.4 Å². The Morgan fingerprint density at radius 3 is 2.64 bits per heavy atom. The van der Waals surface area contributed by atoms with Crippen molar-refractivity contribution in [3.05, 3.63) is 28.8 Å². The lowest BCUT2D eigenvalue weighted by Crippen LogP contribution is -2.44. The van der Waals surface area contributed by atoms with Gasteiger partial charge in [-0.2, -0.15) is 0 Å². The van der Waals surface area contributed by atoms with Crippen LogP contribution in [0.5, 0.6) is 0 Å². The van der Waals surface area contributed by atoms with Crippen molar-refractivity contribution in [1.29, 1.82) is 0 Å². The van der Waals surface area contributed by atoms with Crippen molar-refractivity contribution in [2.24, 2.45) is 0 Å². The summed E-state index contributed by atoms with van der Waals surface area (Å²) in [6, 6.07) is 2.71. The van der Waals surface area contributed by atoms with Gasteiger partial charge in [-0.3, -0.25) is 9.59 Å². The second-order valence-electron chi connectivity index (χ2n) is 6.26.